The van der Waals surface area contributed by atoms with Crippen molar-refractivity contribution in [3.05, 3.63) is 35.4 Å². The molecule has 90 valence electrons. The zero-order chi connectivity index (χ0) is 12.4. The highest BCUT2D eigenvalue weighted by atomic mass is 16.4. The highest BCUT2D eigenvalue weighted by molar-refractivity contribution is 5.76. The van der Waals surface area contributed by atoms with Gasteiger partial charge in [-0.3, -0.25) is 4.79 Å². The van der Waals surface area contributed by atoms with Crippen LogP contribution in [-0.4, -0.2) is 23.3 Å². The summed E-state index contributed by atoms with van der Waals surface area (Å²) in [4.78, 5) is 23.9. The van der Waals surface area contributed by atoms with E-state index in [9.17, 15) is 14.7 Å². The van der Waals surface area contributed by atoms with Gasteiger partial charge in [0.25, 0.3) is 0 Å². The fourth-order valence-electron chi connectivity index (χ4n) is 2.41. The minimum Gasteiger partial charge on any atom is -0.550 e. The van der Waals surface area contributed by atoms with Crippen molar-refractivity contribution in [1.29, 1.82) is 0 Å². The van der Waals surface area contributed by atoms with Crippen LogP contribution in [0.25, 0.3) is 0 Å². The number of hydrogen-bond acceptors (Lipinski definition) is 3. The van der Waals surface area contributed by atoms with E-state index < -0.39 is 5.97 Å². The van der Waals surface area contributed by atoms with Gasteiger partial charge in [-0.2, -0.15) is 0 Å². The van der Waals surface area contributed by atoms with Crippen molar-refractivity contribution < 1.29 is 14.7 Å². The van der Waals surface area contributed by atoms with Crippen LogP contribution < -0.4 is 5.11 Å². The number of benzene rings is 1. The van der Waals surface area contributed by atoms with E-state index in [1.54, 1.807) is 4.90 Å². The summed E-state index contributed by atoms with van der Waals surface area (Å²) in [5.74, 6) is -1.22. The van der Waals surface area contributed by atoms with Crippen molar-refractivity contribution in [3.8, 4) is 0 Å². The zero-order valence-electron chi connectivity index (χ0n) is 9.68. The molecule has 0 aliphatic carbocycles. The Morgan fingerprint density at radius 1 is 1.41 bits per heavy atom. The Kier molecular flexibility index (Phi) is 3.13. The first-order valence-electron chi connectivity index (χ1n) is 5.64. The molecule has 1 aromatic rings. The molecule has 4 nitrogen and oxygen atoms in total. The van der Waals surface area contributed by atoms with E-state index in [0.29, 0.717) is 6.54 Å². The number of fused-ring (bicyclic) bond motifs is 1. The van der Waals surface area contributed by atoms with E-state index in [2.05, 4.69) is 0 Å². The summed E-state index contributed by atoms with van der Waals surface area (Å²) in [6.45, 7) is 2.04. The molecule has 0 fully saturated rings. The predicted octanol–water partition coefficient (Wildman–Crippen LogP) is 0.272. The Morgan fingerprint density at radius 2 is 2.12 bits per heavy atom. The fraction of sp³-hybridized carbons (Fsp3) is 0.385. The van der Waals surface area contributed by atoms with Crippen molar-refractivity contribution >= 4 is 11.9 Å². The number of carbonyl (C=O) groups excluding carboxylic acids is 2. The fourth-order valence-corrected chi connectivity index (χ4v) is 2.41. The Bertz CT molecular complexity index is 456. The molecular weight excluding hydrogens is 218 g/mol. The summed E-state index contributed by atoms with van der Waals surface area (Å²) in [7, 11) is 0. The average molecular weight is 232 g/mol. The molecule has 17 heavy (non-hydrogen) atoms. The standard InChI is InChI=1S/C13H15NO3/c1-9(15)14-7-6-10-4-2-3-5-11(10)12(14)8-13(16)17/h2-5,12H,6-8H2,1H3,(H,16,17)/p-1/t12-/m0/s1. The van der Waals surface area contributed by atoms with Crippen LogP contribution in [0.5, 0.6) is 0 Å². The molecule has 1 aliphatic heterocycles. The first kappa shape index (κ1) is 11.6. The normalized spacial score (nSPS) is 18.6. The predicted molar refractivity (Wildman–Crippen MR) is 59.9 cm³/mol. The second kappa shape index (κ2) is 4.57. The second-order valence-corrected chi connectivity index (χ2v) is 4.25. The summed E-state index contributed by atoms with van der Waals surface area (Å²) >= 11 is 0. The number of rotatable bonds is 2. The van der Waals surface area contributed by atoms with Gasteiger partial charge in [-0.25, -0.2) is 0 Å². The minimum atomic E-state index is -1.13. The third-order valence-electron chi connectivity index (χ3n) is 3.18. The summed E-state index contributed by atoms with van der Waals surface area (Å²) in [6.07, 6.45) is 0.635. The number of carboxylic acids is 1. The molecule has 1 aliphatic rings. The van der Waals surface area contributed by atoms with Crippen molar-refractivity contribution in [3.63, 3.8) is 0 Å². The van der Waals surface area contributed by atoms with E-state index >= 15 is 0 Å². The van der Waals surface area contributed by atoms with E-state index in [1.165, 1.54) is 6.92 Å². The van der Waals surface area contributed by atoms with Crippen molar-refractivity contribution in [2.45, 2.75) is 25.8 Å². The van der Waals surface area contributed by atoms with Crippen molar-refractivity contribution in [2.24, 2.45) is 0 Å². The summed E-state index contributed by atoms with van der Waals surface area (Å²) in [6, 6.07) is 7.28. The Balaban J connectivity index is 2.38. The lowest BCUT2D eigenvalue weighted by molar-refractivity contribution is -0.306. The first-order chi connectivity index (χ1) is 8.09. The third kappa shape index (κ3) is 2.30. The molecule has 1 amide bonds. The molecule has 0 radical (unpaired) electrons. The van der Waals surface area contributed by atoms with Crippen LogP contribution in [0.2, 0.25) is 0 Å². The number of hydrogen-bond donors (Lipinski definition) is 0. The van der Waals surface area contributed by atoms with Gasteiger partial charge >= 0.3 is 0 Å². The quantitative estimate of drug-likeness (QED) is 0.735. The van der Waals surface area contributed by atoms with Crippen molar-refractivity contribution in [2.75, 3.05) is 6.54 Å². The van der Waals surface area contributed by atoms with Crippen LogP contribution in [0, 0.1) is 0 Å². The van der Waals surface area contributed by atoms with Crippen LogP contribution in [0.4, 0.5) is 0 Å². The third-order valence-corrected chi connectivity index (χ3v) is 3.18. The molecule has 1 heterocycles. The first-order valence-corrected chi connectivity index (χ1v) is 5.64. The van der Waals surface area contributed by atoms with E-state index in [-0.39, 0.29) is 18.4 Å². The number of amides is 1. The average Bonchev–Trinajstić information content (AvgIpc) is 2.28. The van der Waals surface area contributed by atoms with Gasteiger partial charge in [0.1, 0.15) is 0 Å². The van der Waals surface area contributed by atoms with Gasteiger partial charge in [0, 0.05) is 25.9 Å². The number of carbonyl (C=O) groups is 2. The molecule has 0 aromatic heterocycles. The summed E-state index contributed by atoms with van der Waals surface area (Å²) < 4.78 is 0. The topological polar surface area (TPSA) is 60.4 Å². The van der Waals surface area contributed by atoms with Crippen LogP contribution in [0.1, 0.15) is 30.5 Å². The molecule has 0 N–H and O–H groups in total. The zero-order valence-corrected chi connectivity index (χ0v) is 9.68. The maximum atomic E-state index is 11.5. The van der Waals surface area contributed by atoms with Crippen LogP contribution in [0.3, 0.4) is 0 Å². The highest BCUT2D eigenvalue weighted by Gasteiger charge is 2.28. The maximum absolute atomic E-state index is 11.5. The van der Waals surface area contributed by atoms with Gasteiger partial charge in [-0.15, -0.1) is 0 Å². The Morgan fingerprint density at radius 3 is 2.76 bits per heavy atom. The minimum absolute atomic E-state index is 0.0919. The molecule has 1 atom stereocenters. The largest absolute Gasteiger partial charge is 0.550 e. The molecule has 2 rings (SSSR count). The monoisotopic (exact) mass is 232 g/mol. The molecule has 0 unspecified atom stereocenters. The van der Waals surface area contributed by atoms with Crippen molar-refractivity contribution in [1.82, 2.24) is 4.90 Å². The number of aliphatic carboxylic acids is 1. The van der Waals surface area contributed by atoms with E-state index in [1.807, 2.05) is 24.3 Å². The molecule has 0 bridgehead atoms. The smallest absolute Gasteiger partial charge is 0.219 e. The SMILES string of the molecule is CC(=O)N1CCc2ccccc2[C@@H]1CC(=O)[O-]. The molecular formula is C13H14NO3-. The van der Waals surface area contributed by atoms with E-state index in [4.69, 9.17) is 0 Å². The molecule has 0 saturated heterocycles. The lowest BCUT2D eigenvalue weighted by Gasteiger charge is -2.37. The van der Waals surface area contributed by atoms with Crippen LogP contribution in [0.15, 0.2) is 24.3 Å². The molecule has 0 saturated carbocycles. The van der Waals surface area contributed by atoms with Gasteiger partial charge in [-0.05, 0) is 17.5 Å². The van der Waals surface area contributed by atoms with Gasteiger partial charge < -0.3 is 14.8 Å². The Labute approximate surface area is 99.9 Å². The molecule has 1 aromatic carbocycles. The second-order valence-electron chi connectivity index (χ2n) is 4.25. The van der Waals surface area contributed by atoms with Gasteiger partial charge in [0.15, 0.2) is 0 Å². The molecule has 4 heteroatoms. The van der Waals surface area contributed by atoms with Crippen LogP contribution in [-0.2, 0) is 16.0 Å². The van der Waals surface area contributed by atoms with Gasteiger partial charge in [0.05, 0.1) is 6.04 Å². The number of nitrogens with zero attached hydrogens (tertiary/aromatic N) is 1. The summed E-state index contributed by atoms with van der Waals surface area (Å²) in [5.41, 5.74) is 2.05. The van der Waals surface area contributed by atoms with Crippen LogP contribution >= 0.6 is 0 Å². The van der Waals surface area contributed by atoms with Gasteiger partial charge in [0.2, 0.25) is 5.91 Å². The number of carboxylic acid groups (broad SMARTS) is 1. The van der Waals surface area contributed by atoms with E-state index in [0.717, 1.165) is 17.5 Å². The van der Waals surface area contributed by atoms with Gasteiger partial charge in [-0.1, -0.05) is 24.3 Å². The maximum Gasteiger partial charge on any atom is 0.219 e. The highest BCUT2D eigenvalue weighted by Crippen LogP contribution is 2.31. The lowest BCUT2D eigenvalue weighted by atomic mass is 9.91. The Hall–Kier alpha value is -1.84. The lowest BCUT2D eigenvalue weighted by Crippen LogP contribution is -2.41. The molecule has 0 spiro atoms. The summed E-state index contributed by atoms with van der Waals surface area (Å²) in [5, 5.41) is 10.8.